The highest BCUT2D eigenvalue weighted by Crippen LogP contribution is 2.11. The molecule has 3 heteroatoms. The van der Waals surface area contributed by atoms with Crippen molar-refractivity contribution in [3.8, 4) is 5.75 Å². The fraction of sp³-hybridized carbons (Fsp3) is 0.400. The number of hydrogen-bond donors (Lipinski definition) is 3. The van der Waals surface area contributed by atoms with Gasteiger partial charge in [-0.3, -0.25) is 4.72 Å². The molecule has 1 aromatic carbocycles. The molecule has 0 saturated carbocycles. The fourth-order valence-electron chi connectivity index (χ4n) is 1.20. The van der Waals surface area contributed by atoms with E-state index >= 15 is 0 Å². The number of phenolic OH excluding ortho intramolecular Hbond substituents is 1. The predicted octanol–water partition coefficient (Wildman–Crippen LogP) is 2.15. The van der Waals surface area contributed by atoms with Crippen LogP contribution in [0.3, 0.4) is 0 Å². The second kappa shape index (κ2) is 5.89. The summed E-state index contributed by atoms with van der Waals surface area (Å²) in [7, 11) is 0. The van der Waals surface area contributed by atoms with Crippen molar-refractivity contribution in [2.45, 2.75) is 19.3 Å². The molecule has 1 rings (SSSR count). The Balaban J connectivity index is 2.25. The van der Waals surface area contributed by atoms with Gasteiger partial charge in [0.2, 0.25) is 0 Å². The lowest BCUT2D eigenvalue weighted by atomic mass is 10.1. The highest BCUT2D eigenvalue weighted by atomic mass is 32.1. The summed E-state index contributed by atoms with van der Waals surface area (Å²) in [6.45, 7) is 0.946. The van der Waals surface area contributed by atoms with Crippen LogP contribution in [0, 0.1) is 0 Å². The molecule has 0 aliphatic rings. The minimum Gasteiger partial charge on any atom is -0.508 e. The monoisotopic (exact) mass is 197 g/mol. The number of aromatic hydroxyl groups is 1. The highest BCUT2D eigenvalue weighted by molar-refractivity contribution is 7.78. The molecule has 0 saturated heterocycles. The van der Waals surface area contributed by atoms with Crippen LogP contribution in [0.25, 0.3) is 0 Å². The second-order valence-electron chi connectivity index (χ2n) is 3.03. The Kier molecular flexibility index (Phi) is 4.72. The third-order valence-electron chi connectivity index (χ3n) is 1.94. The number of aryl methyl sites for hydroxylation is 1. The average Bonchev–Trinajstić information content (AvgIpc) is 2.15. The molecule has 2 nitrogen and oxygen atoms in total. The zero-order valence-electron chi connectivity index (χ0n) is 7.53. The van der Waals surface area contributed by atoms with Crippen molar-refractivity contribution in [2.75, 3.05) is 6.54 Å². The maximum absolute atomic E-state index is 9.05. The summed E-state index contributed by atoms with van der Waals surface area (Å²) in [5.41, 5.74) is 1.27. The van der Waals surface area contributed by atoms with Gasteiger partial charge in [-0.25, -0.2) is 0 Å². The van der Waals surface area contributed by atoms with Crippen LogP contribution in [0.5, 0.6) is 5.75 Å². The molecule has 0 heterocycles. The summed E-state index contributed by atoms with van der Waals surface area (Å²) in [6.07, 6.45) is 3.35. The molecule has 0 amide bonds. The van der Waals surface area contributed by atoms with E-state index in [9.17, 15) is 0 Å². The van der Waals surface area contributed by atoms with Gasteiger partial charge in [0, 0.05) is 6.54 Å². The normalized spacial score (nSPS) is 10.2. The molecule has 0 fully saturated rings. The third-order valence-corrected chi connectivity index (χ3v) is 2.16. The number of unbranched alkanes of at least 4 members (excludes halogenated alkanes) is 1. The maximum Gasteiger partial charge on any atom is 0.115 e. The Morgan fingerprint density at radius 3 is 2.46 bits per heavy atom. The quantitative estimate of drug-likeness (QED) is 0.499. The van der Waals surface area contributed by atoms with E-state index in [4.69, 9.17) is 5.11 Å². The van der Waals surface area contributed by atoms with Gasteiger partial charge in [0.15, 0.2) is 0 Å². The molecule has 0 unspecified atom stereocenters. The molecular weight excluding hydrogens is 182 g/mol. The number of phenols is 1. The molecule has 0 aliphatic heterocycles. The van der Waals surface area contributed by atoms with E-state index in [0.29, 0.717) is 5.75 Å². The van der Waals surface area contributed by atoms with Gasteiger partial charge < -0.3 is 5.11 Å². The molecule has 2 N–H and O–H groups in total. The molecule has 72 valence electrons. The summed E-state index contributed by atoms with van der Waals surface area (Å²) in [5, 5.41) is 9.05. The van der Waals surface area contributed by atoms with Gasteiger partial charge in [-0.1, -0.05) is 24.9 Å². The lowest BCUT2D eigenvalue weighted by molar-refractivity contribution is 0.475. The number of benzene rings is 1. The van der Waals surface area contributed by atoms with E-state index in [2.05, 4.69) is 17.5 Å². The molecule has 1 aromatic rings. The molecule has 0 aromatic heterocycles. The van der Waals surface area contributed by atoms with Gasteiger partial charge in [-0.05, 0) is 37.0 Å². The van der Waals surface area contributed by atoms with Gasteiger partial charge in [0.1, 0.15) is 5.75 Å². The Morgan fingerprint density at radius 2 is 1.85 bits per heavy atom. The zero-order chi connectivity index (χ0) is 9.52. The van der Waals surface area contributed by atoms with Crippen molar-refractivity contribution in [1.29, 1.82) is 0 Å². The summed E-state index contributed by atoms with van der Waals surface area (Å²) in [6, 6.07) is 7.38. The van der Waals surface area contributed by atoms with Gasteiger partial charge in [0.25, 0.3) is 0 Å². The predicted molar refractivity (Wildman–Crippen MR) is 58.0 cm³/mol. The first-order valence-electron chi connectivity index (χ1n) is 4.48. The van der Waals surface area contributed by atoms with Gasteiger partial charge in [0.05, 0.1) is 0 Å². The van der Waals surface area contributed by atoms with E-state index in [1.807, 2.05) is 12.1 Å². The van der Waals surface area contributed by atoms with Gasteiger partial charge in [-0.2, -0.15) is 0 Å². The van der Waals surface area contributed by atoms with Crippen molar-refractivity contribution in [1.82, 2.24) is 4.72 Å². The molecule has 0 spiro atoms. The van der Waals surface area contributed by atoms with E-state index < -0.39 is 0 Å². The Labute approximate surface area is 84.5 Å². The topological polar surface area (TPSA) is 32.3 Å². The SMILES string of the molecule is Oc1ccc(CCCCNS)cc1. The molecule has 0 aliphatic carbocycles. The zero-order valence-corrected chi connectivity index (χ0v) is 8.43. The van der Waals surface area contributed by atoms with Crippen molar-refractivity contribution in [3.63, 3.8) is 0 Å². The highest BCUT2D eigenvalue weighted by Gasteiger charge is 1.93. The van der Waals surface area contributed by atoms with Crippen LogP contribution < -0.4 is 4.72 Å². The largest absolute Gasteiger partial charge is 0.508 e. The average molecular weight is 197 g/mol. The van der Waals surface area contributed by atoms with E-state index in [-0.39, 0.29) is 0 Å². The van der Waals surface area contributed by atoms with Crippen molar-refractivity contribution < 1.29 is 5.11 Å². The van der Waals surface area contributed by atoms with Gasteiger partial charge >= 0.3 is 0 Å². The molecule has 0 bridgehead atoms. The number of rotatable bonds is 5. The lowest BCUT2D eigenvalue weighted by Gasteiger charge is -2.01. The van der Waals surface area contributed by atoms with Gasteiger partial charge in [-0.15, -0.1) is 0 Å². The van der Waals surface area contributed by atoms with Crippen LogP contribution in [-0.4, -0.2) is 11.7 Å². The van der Waals surface area contributed by atoms with Crippen molar-refractivity contribution >= 4 is 12.8 Å². The minimum absolute atomic E-state index is 0.334. The molecular formula is C10H15NOS. The third kappa shape index (κ3) is 4.20. The van der Waals surface area contributed by atoms with Crippen LogP contribution in [0.1, 0.15) is 18.4 Å². The van der Waals surface area contributed by atoms with Crippen LogP contribution in [0.4, 0.5) is 0 Å². The standard InChI is InChI=1S/C10H15NOS/c12-10-6-4-9(5-7-10)3-1-2-8-11-13/h4-7,11-13H,1-3,8H2. The summed E-state index contributed by atoms with van der Waals surface area (Å²) in [5.74, 6) is 0.334. The Morgan fingerprint density at radius 1 is 1.15 bits per heavy atom. The molecule has 13 heavy (non-hydrogen) atoms. The number of nitrogens with one attached hydrogen (secondary N) is 1. The molecule has 0 radical (unpaired) electrons. The Hall–Kier alpha value is -0.670. The summed E-state index contributed by atoms with van der Waals surface area (Å²) in [4.78, 5) is 0. The first kappa shape index (κ1) is 10.4. The summed E-state index contributed by atoms with van der Waals surface area (Å²) < 4.78 is 2.82. The first-order chi connectivity index (χ1) is 6.33. The van der Waals surface area contributed by atoms with Crippen LogP contribution in [0.15, 0.2) is 24.3 Å². The smallest absolute Gasteiger partial charge is 0.115 e. The second-order valence-corrected chi connectivity index (χ2v) is 3.35. The Bertz CT molecular complexity index is 235. The molecule has 0 atom stereocenters. The van der Waals surface area contributed by atoms with E-state index in [1.165, 1.54) is 5.56 Å². The fourth-order valence-corrected chi connectivity index (χ4v) is 1.35. The van der Waals surface area contributed by atoms with Crippen molar-refractivity contribution in [3.05, 3.63) is 29.8 Å². The van der Waals surface area contributed by atoms with Crippen molar-refractivity contribution in [2.24, 2.45) is 0 Å². The van der Waals surface area contributed by atoms with E-state index in [1.54, 1.807) is 12.1 Å². The van der Waals surface area contributed by atoms with Crippen LogP contribution >= 0.6 is 12.8 Å². The summed E-state index contributed by atoms with van der Waals surface area (Å²) >= 11 is 3.91. The van der Waals surface area contributed by atoms with E-state index in [0.717, 1.165) is 25.8 Å². The van der Waals surface area contributed by atoms with Crippen LogP contribution in [-0.2, 0) is 6.42 Å². The maximum atomic E-state index is 9.05. The minimum atomic E-state index is 0.334. The number of thiol groups is 1. The number of hydrogen-bond acceptors (Lipinski definition) is 3. The first-order valence-corrected chi connectivity index (χ1v) is 4.92. The van der Waals surface area contributed by atoms with Crippen LogP contribution in [0.2, 0.25) is 0 Å². The lowest BCUT2D eigenvalue weighted by Crippen LogP contribution is -2.01.